The lowest BCUT2D eigenvalue weighted by Gasteiger charge is -2.47. The summed E-state index contributed by atoms with van der Waals surface area (Å²) in [6.45, 7) is 19.0. The third-order valence-electron chi connectivity index (χ3n) is 9.65. The molecule has 252 valence electrons. The highest BCUT2D eigenvalue weighted by atomic mass is 35.5. The standard InChI is InChI=1S/C38H48Cl2N4O3/c1-26(2)47-33-25-29(36(3,4)5)13-18-32(33)34-41-37(6,27-9-14-30(39)15-10-27)38(7,28-11-16-31(40)17-12-28)44(34)35(45)43-21-19-42(20-22-43)23-24-46-8/h9-18,25-26H,19-24H2,1-8H3/t37-,38-/m0/s1. The second-order valence-corrected chi connectivity index (χ2v) is 15.0. The molecule has 0 saturated carbocycles. The van der Waals surface area contributed by atoms with Crippen LogP contribution in [0.25, 0.3) is 0 Å². The van der Waals surface area contributed by atoms with E-state index in [0.29, 0.717) is 41.3 Å². The summed E-state index contributed by atoms with van der Waals surface area (Å²) in [6, 6.07) is 21.8. The summed E-state index contributed by atoms with van der Waals surface area (Å²) in [5.74, 6) is 1.27. The third kappa shape index (κ3) is 6.91. The number of carbonyl (C=O) groups is 1. The number of aliphatic imine (C=N–C) groups is 1. The number of rotatable bonds is 8. The van der Waals surface area contributed by atoms with Crippen LogP contribution in [0.5, 0.6) is 5.75 Å². The van der Waals surface area contributed by atoms with Gasteiger partial charge in [0.25, 0.3) is 0 Å². The Kier molecular flexibility index (Phi) is 10.3. The van der Waals surface area contributed by atoms with E-state index in [0.717, 1.165) is 41.9 Å². The highest BCUT2D eigenvalue weighted by molar-refractivity contribution is 6.30. The van der Waals surface area contributed by atoms with Crippen LogP contribution >= 0.6 is 23.2 Å². The molecule has 3 aromatic carbocycles. The minimum atomic E-state index is -0.956. The molecular formula is C38H48Cl2N4O3. The van der Waals surface area contributed by atoms with Gasteiger partial charge < -0.3 is 14.4 Å². The Hall–Kier alpha value is -3.10. The smallest absolute Gasteiger partial charge is 0.326 e. The fourth-order valence-corrected chi connectivity index (χ4v) is 6.87. The predicted octanol–water partition coefficient (Wildman–Crippen LogP) is 8.36. The predicted molar refractivity (Wildman–Crippen MR) is 192 cm³/mol. The maximum Gasteiger partial charge on any atom is 0.326 e. The minimum Gasteiger partial charge on any atom is -0.490 e. The van der Waals surface area contributed by atoms with Crippen molar-refractivity contribution >= 4 is 35.1 Å². The number of halogens is 2. The minimum absolute atomic E-state index is 0.0828. The zero-order valence-electron chi connectivity index (χ0n) is 28.9. The van der Waals surface area contributed by atoms with E-state index < -0.39 is 11.1 Å². The van der Waals surface area contributed by atoms with Gasteiger partial charge in [-0.2, -0.15) is 0 Å². The molecule has 0 aromatic heterocycles. The molecule has 2 amide bonds. The Morgan fingerprint density at radius 2 is 1.47 bits per heavy atom. The van der Waals surface area contributed by atoms with Crippen LogP contribution < -0.4 is 4.74 Å². The summed E-state index contributed by atoms with van der Waals surface area (Å²) in [4.78, 5) is 26.9. The molecule has 9 heteroatoms. The molecule has 0 unspecified atom stereocenters. The largest absolute Gasteiger partial charge is 0.490 e. The molecule has 47 heavy (non-hydrogen) atoms. The summed E-state index contributed by atoms with van der Waals surface area (Å²) >= 11 is 12.8. The van der Waals surface area contributed by atoms with E-state index in [1.807, 2.05) is 72.2 Å². The molecule has 0 bridgehead atoms. The van der Waals surface area contributed by atoms with Gasteiger partial charge >= 0.3 is 6.03 Å². The first-order chi connectivity index (χ1) is 22.2. The Balaban J connectivity index is 1.73. The Labute approximate surface area is 290 Å². The van der Waals surface area contributed by atoms with Gasteiger partial charge in [0.05, 0.1) is 18.3 Å². The molecule has 2 heterocycles. The van der Waals surface area contributed by atoms with E-state index in [1.165, 1.54) is 0 Å². The average molecular weight is 680 g/mol. The molecule has 0 aliphatic carbocycles. The van der Waals surface area contributed by atoms with Crippen LogP contribution in [0.15, 0.2) is 71.7 Å². The fourth-order valence-electron chi connectivity index (χ4n) is 6.62. The number of methoxy groups -OCH3 is 1. The maximum atomic E-state index is 15.1. The van der Waals surface area contributed by atoms with Crippen LogP contribution in [0.4, 0.5) is 4.79 Å². The van der Waals surface area contributed by atoms with E-state index >= 15 is 4.79 Å². The molecule has 2 atom stereocenters. The number of benzene rings is 3. The van der Waals surface area contributed by atoms with Crippen LogP contribution in [-0.4, -0.2) is 79.1 Å². The quantitative estimate of drug-likeness (QED) is 0.240. The van der Waals surface area contributed by atoms with Crippen LogP contribution in [0.1, 0.15) is 70.7 Å². The Morgan fingerprint density at radius 1 is 0.894 bits per heavy atom. The van der Waals surface area contributed by atoms with Crippen molar-refractivity contribution in [3.05, 3.63) is 99.0 Å². The Bertz CT molecular complexity index is 1590. The molecule has 3 aromatic rings. The van der Waals surface area contributed by atoms with E-state index in [1.54, 1.807) is 7.11 Å². The van der Waals surface area contributed by atoms with Crippen molar-refractivity contribution in [1.29, 1.82) is 0 Å². The number of urea groups is 1. The summed E-state index contributed by atoms with van der Waals surface area (Å²) in [5, 5.41) is 1.26. The summed E-state index contributed by atoms with van der Waals surface area (Å²) in [6.07, 6.45) is -0.0828. The summed E-state index contributed by atoms with van der Waals surface area (Å²) in [5.41, 5.74) is 1.81. The first kappa shape index (κ1) is 35.2. The topological polar surface area (TPSA) is 57.6 Å². The number of amidine groups is 1. The zero-order valence-corrected chi connectivity index (χ0v) is 30.5. The van der Waals surface area contributed by atoms with Gasteiger partial charge in [0.2, 0.25) is 0 Å². The Morgan fingerprint density at radius 3 is 2.00 bits per heavy atom. The molecule has 2 aliphatic rings. The van der Waals surface area contributed by atoms with Gasteiger partial charge in [0, 0.05) is 49.9 Å². The number of ether oxygens (including phenoxy) is 2. The maximum absolute atomic E-state index is 15.1. The molecule has 0 radical (unpaired) electrons. The molecule has 2 aliphatic heterocycles. The number of piperazine rings is 1. The fraction of sp³-hybridized carbons (Fsp3) is 0.474. The van der Waals surface area contributed by atoms with Gasteiger partial charge in [0.1, 0.15) is 22.7 Å². The second-order valence-electron chi connectivity index (χ2n) is 14.2. The van der Waals surface area contributed by atoms with Gasteiger partial charge in [-0.25, -0.2) is 4.79 Å². The highest BCUT2D eigenvalue weighted by Gasteiger charge is 2.60. The van der Waals surface area contributed by atoms with Gasteiger partial charge in [-0.3, -0.25) is 14.8 Å². The van der Waals surface area contributed by atoms with Crippen molar-refractivity contribution in [2.24, 2.45) is 4.99 Å². The molecule has 0 spiro atoms. The van der Waals surface area contributed by atoms with Gasteiger partial charge in [-0.1, -0.05) is 74.3 Å². The first-order valence-corrected chi connectivity index (χ1v) is 17.2. The lowest BCUT2D eigenvalue weighted by Crippen LogP contribution is -2.60. The van der Waals surface area contributed by atoms with Gasteiger partial charge in [-0.15, -0.1) is 0 Å². The van der Waals surface area contributed by atoms with Crippen LogP contribution in [0, 0.1) is 0 Å². The van der Waals surface area contributed by atoms with Crippen molar-refractivity contribution in [1.82, 2.24) is 14.7 Å². The zero-order chi connectivity index (χ0) is 34.1. The molecular weight excluding hydrogens is 631 g/mol. The van der Waals surface area contributed by atoms with Crippen molar-refractivity contribution in [2.75, 3.05) is 46.4 Å². The lowest BCUT2D eigenvalue weighted by atomic mass is 9.71. The van der Waals surface area contributed by atoms with E-state index in [-0.39, 0.29) is 17.6 Å². The van der Waals surface area contributed by atoms with Crippen molar-refractivity contribution < 1.29 is 14.3 Å². The second kappa shape index (κ2) is 13.8. The molecule has 1 fully saturated rings. The first-order valence-electron chi connectivity index (χ1n) is 16.4. The van der Waals surface area contributed by atoms with Gasteiger partial charge in [0.15, 0.2) is 0 Å². The average Bonchev–Trinajstić information content (AvgIpc) is 3.27. The van der Waals surface area contributed by atoms with E-state index in [9.17, 15) is 0 Å². The monoisotopic (exact) mass is 678 g/mol. The summed E-state index contributed by atoms with van der Waals surface area (Å²) < 4.78 is 11.8. The molecule has 0 N–H and O–H groups in total. The highest BCUT2D eigenvalue weighted by Crippen LogP contribution is 2.54. The molecule has 5 rings (SSSR count). The summed E-state index contributed by atoms with van der Waals surface area (Å²) in [7, 11) is 1.72. The molecule has 1 saturated heterocycles. The van der Waals surface area contributed by atoms with Crippen LogP contribution in [-0.2, 0) is 21.2 Å². The number of hydrogen-bond donors (Lipinski definition) is 0. The number of hydrogen-bond acceptors (Lipinski definition) is 5. The van der Waals surface area contributed by atoms with E-state index in [4.69, 9.17) is 37.7 Å². The van der Waals surface area contributed by atoms with Crippen molar-refractivity contribution in [3.63, 3.8) is 0 Å². The lowest BCUT2D eigenvalue weighted by molar-refractivity contribution is 0.0771. The SMILES string of the molecule is COCCN1CCN(C(=O)N2C(c3ccc(C(C)(C)C)cc3OC(C)C)=N[C@@](C)(c3ccc(Cl)cc3)[C@]2(C)c2ccc(Cl)cc2)CC1. The van der Waals surface area contributed by atoms with Gasteiger partial charge in [-0.05, 0) is 86.2 Å². The number of nitrogens with zero attached hydrogens (tertiary/aromatic N) is 4. The molecule has 7 nitrogen and oxygen atoms in total. The van der Waals surface area contributed by atoms with Crippen LogP contribution in [0.2, 0.25) is 10.0 Å². The van der Waals surface area contributed by atoms with Crippen molar-refractivity contribution in [3.8, 4) is 5.75 Å². The van der Waals surface area contributed by atoms with Crippen molar-refractivity contribution in [2.45, 2.75) is 71.1 Å². The normalized spacial score (nSPS) is 22.1. The number of amides is 2. The van der Waals surface area contributed by atoms with Crippen LogP contribution in [0.3, 0.4) is 0 Å². The van der Waals surface area contributed by atoms with E-state index in [2.05, 4.69) is 57.7 Å². The third-order valence-corrected chi connectivity index (χ3v) is 10.2. The number of carbonyl (C=O) groups excluding carboxylic acids is 1.